The quantitative estimate of drug-likeness (QED) is 0.458. The Balaban J connectivity index is 1.37. The number of piperidine rings is 1. The standard InChI is InChI=1S/C32H40N4O/c33-32(37)23-13-14-26-28(19-23)36-18-8-17-35-21-24(20-34-15-5-2-6-16-34)25-11-7-12-27(30(25)35)31(36)29(26)22-9-3-1-4-10-22/h7,11-14,19,21-22,29,31H,1-6,8-10,15-18,20H2,(H2,33,37). The highest BCUT2D eigenvalue weighted by Gasteiger charge is 2.45. The first-order valence-electron chi connectivity index (χ1n) is 14.7. The lowest BCUT2D eigenvalue weighted by Crippen LogP contribution is -2.33. The summed E-state index contributed by atoms with van der Waals surface area (Å²) in [6, 6.07) is 13.7. The Morgan fingerprint density at radius 3 is 2.49 bits per heavy atom. The van der Waals surface area contributed by atoms with Gasteiger partial charge in [-0.25, -0.2) is 0 Å². The first-order valence-corrected chi connectivity index (χ1v) is 14.7. The van der Waals surface area contributed by atoms with Crippen molar-refractivity contribution in [3.63, 3.8) is 0 Å². The number of primary amides is 1. The molecule has 4 heterocycles. The van der Waals surface area contributed by atoms with Crippen molar-refractivity contribution in [3.05, 3.63) is 64.8 Å². The summed E-state index contributed by atoms with van der Waals surface area (Å²) in [5.41, 5.74) is 13.5. The van der Waals surface area contributed by atoms with Gasteiger partial charge in [-0.1, -0.05) is 49.9 Å². The zero-order valence-electron chi connectivity index (χ0n) is 22.0. The summed E-state index contributed by atoms with van der Waals surface area (Å²) in [7, 11) is 0. The van der Waals surface area contributed by atoms with Crippen molar-refractivity contribution < 1.29 is 4.79 Å². The SMILES string of the molecule is NC(=O)c1ccc2c(c1)N1CCCn3cc(CN4CCCCC4)c4cccc(c43)C1C2C1CCCCC1. The fourth-order valence-corrected chi connectivity index (χ4v) is 8.14. The number of carbonyl (C=O) groups is 1. The van der Waals surface area contributed by atoms with Gasteiger partial charge in [-0.3, -0.25) is 9.69 Å². The van der Waals surface area contributed by atoms with Gasteiger partial charge in [0.2, 0.25) is 5.91 Å². The average molecular weight is 497 g/mol. The molecule has 1 aliphatic carbocycles. The second-order valence-electron chi connectivity index (χ2n) is 12.0. The molecule has 1 amide bonds. The molecule has 2 unspecified atom stereocenters. The average Bonchev–Trinajstić information content (AvgIpc) is 3.43. The van der Waals surface area contributed by atoms with Crippen molar-refractivity contribution in [1.82, 2.24) is 9.47 Å². The Morgan fingerprint density at radius 2 is 1.68 bits per heavy atom. The Bertz CT molecular complexity index is 1310. The number of hydrogen-bond acceptors (Lipinski definition) is 3. The van der Waals surface area contributed by atoms with Crippen molar-refractivity contribution in [3.8, 4) is 0 Å². The molecule has 2 N–H and O–H groups in total. The molecule has 4 aliphatic rings. The number of benzene rings is 2. The number of hydrogen-bond donors (Lipinski definition) is 1. The highest BCUT2D eigenvalue weighted by molar-refractivity contribution is 5.95. The third-order valence-electron chi connectivity index (χ3n) is 9.79. The molecule has 37 heavy (non-hydrogen) atoms. The van der Waals surface area contributed by atoms with Gasteiger partial charge in [0.05, 0.1) is 11.6 Å². The van der Waals surface area contributed by atoms with E-state index in [4.69, 9.17) is 5.73 Å². The number of nitrogens with zero attached hydrogens (tertiary/aromatic N) is 3. The Labute approximate surface area is 220 Å². The summed E-state index contributed by atoms with van der Waals surface area (Å²) >= 11 is 0. The van der Waals surface area contributed by atoms with E-state index in [9.17, 15) is 4.79 Å². The van der Waals surface area contributed by atoms with E-state index in [1.807, 2.05) is 6.07 Å². The molecule has 0 spiro atoms. The van der Waals surface area contributed by atoms with Gasteiger partial charge in [-0.15, -0.1) is 0 Å². The Kier molecular flexibility index (Phi) is 5.99. The maximum atomic E-state index is 12.1. The van der Waals surface area contributed by atoms with Crippen LogP contribution in [0.15, 0.2) is 42.6 Å². The molecule has 1 saturated carbocycles. The van der Waals surface area contributed by atoms with Gasteiger partial charge in [0.15, 0.2) is 0 Å². The molecule has 194 valence electrons. The van der Waals surface area contributed by atoms with Gasteiger partial charge in [-0.05, 0) is 79.9 Å². The molecule has 0 radical (unpaired) electrons. The molecule has 0 bridgehead atoms. The van der Waals surface area contributed by atoms with Crippen LogP contribution in [0.2, 0.25) is 0 Å². The van der Waals surface area contributed by atoms with Crippen LogP contribution in [0.3, 0.4) is 0 Å². The van der Waals surface area contributed by atoms with Crippen LogP contribution in [-0.2, 0) is 13.1 Å². The van der Waals surface area contributed by atoms with E-state index >= 15 is 0 Å². The minimum Gasteiger partial charge on any atom is -0.366 e. The van der Waals surface area contributed by atoms with E-state index in [0.29, 0.717) is 23.4 Å². The third kappa shape index (κ3) is 3.98. The lowest BCUT2D eigenvalue weighted by Gasteiger charge is -2.37. The van der Waals surface area contributed by atoms with Gasteiger partial charge in [-0.2, -0.15) is 0 Å². The molecular formula is C32H40N4O. The zero-order chi connectivity index (χ0) is 24.9. The lowest BCUT2D eigenvalue weighted by atomic mass is 9.73. The fourth-order valence-electron chi connectivity index (χ4n) is 8.14. The molecule has 3 aliphatic heterocycles. The zero-order valence-corrected chi connectivity index (χ0v) is 22.0. The number of nitrogens with two attached hydrogens (primary N) is 1. The van der Waals surface area contributed by atoms with E-state index < -0.39 is 0 Å². The monoisotopic (exact) mass is 496 g/mol. The van der Waals surface area contributed by atoms with Crippen molar-refractivity contribution in [2.75, 3.05) is 24.5 Å². The molecule has 5 heteroatoms. The Hall–Kier alpha value is -2.79. The van der Waals surface area contributed by atoms with Crippen LogP contribution in [0.4, 0.5) is 5.69 Å². The van der Waals surface area contributed by atoms with Crippen LogP contribution >= 0.6 is 0 Å². The first kappa shape index (κ1) is 23.3. The maximum Gasteiger partial charge on any atom is 0.248 e. The molecule has 2 aromatic carbocycles. The second-order valence-corrected chi connectivity index (χ2v) is 12.0. The molecular weight excluding hydrogens is 456 g/mol. The lowest BCUT2D eigenvalue weighted by molar-refractivity contribution is 0.100. The summed E-state index contributed by atoms with van der Waals surface area (Å²) in [5, 5.41) is 1.45. The van der Waals surface area contributed by atoms with E-state index in [1.54, 1.807) is 0 Å². The van der Waals surface area contributed by atoms with Crippen molar-refractivity contribution in [2.45, 2.75) is 82.8 Å². The van der Waals surface area contributed by atoms with Crippen LogP contribution in [0, 0.1) is 5.92 Å². The number of aryl methyl sites for hydroxylation is 1. The minimum atomic E-state index is -0.328. The van der Waals surface area contributed by atoms with E-state index in [2.05, 4.69) is 50.9 Å². The van der Waals surface area contributed by atoms with Crippen molar-refractivity contribution in [1.29, 1.82) is 0 Å². The van der Waals surface area contributed by atoms with Gasteiger partial charge in [0.1, 0.15) is 0 Å². The van der Waals surface area contributed by atoms with Gasteiger partial charge in [0.25, 0.3) is 0 Å². The number of aromatic nitrogens is 1. The van der Waals surface area contributed by atoms with Gasteiger partial charge < -0.3 is 15.2 Å². The van der Waals surface area contributed by atoms with Crippen LogP contribution in [-0.4, -0.2) is 35.0 Å². The molecule has 2 fully saturated rings. The van der Waals surface area contributed by atoms with Crippen LogP contribution in [0.5, 0.6) is 0 Å². The van der Waals surface area contributed by atoms with Crippen molar-refractivity contribution in [2.24, 2.45) is 11.7 Å². The number of fused-ring (bicyclic) bond motifs is 4. The summed E-state index contributed by atoms with van der Waals surface area (Å²) in [5.74, 6) is 0.827. The van der Waals surface area contributed by atoms with E-state index in [-0.39, 0.29) is 5.91 Å². The fraction of sp³-hybridized carbons (Fsp3) is 0.531. The van der Waals surface area contributed by atoms with Crippen LogP contribution in [0.1, 0.15) is 96.8 Å². The smallest absolute Gasteiger partial charge is 0.248 e. The second kappa shape index (κ2) is 9.50. The van der Waals surface area contributed by atoms with Crippen LogP contribution in [0.25, 0.3) is 10.9 Å². The Morgan fingerprint density at radius 1 is 0.865 bits per heavy atom. The molecule has 5 nitrogen and oxygen atoms in total. The van der Waals surface area contributed by atoms with E-state index in [0.717, 1.165) is 26.1 Å². The first-order chi connectivity index (χ1) is 18.2. The predicted octanol–water partition coefficient (Wildman–Crippen LogP) is 6.36. The van der Waals surface area contributed by atoms with Crippen LogP contribution < -0.4 is 10.6 Å². The number of para-hydroxylation sites is 1. The molecule has 2 atom stereocenters. The number of anilines is 1. The summed E-state index contributed by atoms with van der Waals surface area (Å²) in [4.78, 5) is 17.5. The van der Waals surface area contributed by atoms with Gasteiger partial charge in [0, 0.05) is 48.4 Å². The number of likely N-dealkylation sites (tertiary alicyclic amines) is 1. The predicted molar refractivity (Wildman–Crippen MR) is 150 cm³/mol. The number of rotatable bonds is 4. The molecule has 1 saturated heterocycles. The molecule has 7 rings (SSSR count). The topological polar surface area (TPSA) is 54.5 Å². The minimum absolute atomic E-state index is 0.321. The third-order valence-corrected chi connectivity index (χ3v) is 9.79. The largest absolute Gasteiger partial charge is 0.366 e. The highest BCUT2D eigenvalue weighted by atomic mass is 16.1. The molecule has 1 aromatic heterocycles. The normalized spacial score (nSPS) is 24.5. The summed E-state index contributed by atoms with van der Waals surface area (Å²) in [6.45, 7) is 5.57. The summed E-state index contributed by atoms with van der Waals surface area (Å²) < 4.78 is 2.58. The number of amides is 1. The molecule has 3 aromatic rings. The number of carbonyl (C=O) groups excluding carboxylic acids is 1. The van der Waals surface area contributed by atoms with Crippen molar-refractivity contribution >= 4 is 22.5 Å². The van der Waals surface area contributed by atoms with Gasteiger partial charge >= 0.3 is 0 Å². The summed E-state index contributed by atoms with van der Waals surface area (Å²) in [6.07, 6.45) is 14.3. The maximum absolute atomic E-state index is 12.1. The highest BCUT2D eigenvalue weighted by Crippen LogP contribution is 2.56. The van der Waals surface area contributed by atoms with E-state index in [1.165, 1.54) is 97.7 Å².